The van der Waals surface area contributed by atoms with E-state index in [1.807, 2.05) is 54.0 Å². The number of halogens is 3. The molecule has 0 radical (unpaired) electrons. The molecule has 6 rings (SSSR count). The number of imidazole rings is 1. The molecule has 4 aromatic rings. The van der Waals surface area contributed by atoms with Gasteiger partial charge in [0.25, 0.3) is 0 Å². The number of Topliss-reactive ketones (excluding diaryl/α,β-unsaturated/α-hetero) is 1. The molecule has 0 aliphatic carbocycles. The molecule has 2 atom stereocenters. The fourth-order valence-corrected chi connectivity index (χ4v) is 5.51. The Morgan fingerprint density at radius 3 is 2.70 bits per heavy atom. The highest BCUT2D eigenvalue weighted by atomic mass is 19.4. The smallest absolute Gasteiger partial charge is 0.422 e. The molecule has 208 valence electrons. The van der Waals surface area contributed by atoms with Gasteiger partial charge in [0.15, 0.2) is 6.61 Å². The minimum absolute atomic E-state index is 0.0804. The van der Waals surface area contributed by atoms with Crippen molar-refractivity contribution in [3.05, 3.63) is 71.5 Å². The topological polar surface area (TPSA) is 74.6 Å². The number of ether oxygens (including phenoxy) is 3. The lowest BCUT2D eigenvalue weighted by atomic mass is 9.96. The number of aromatic nitrogens is 2. The predicted molar refractivity (Wildman–Crippen MR) is 144 cm³/mol. The molecule has 0 saturated heterocycles. The van der Waals surface area contributed by atoms with Gasteiger partial charge in [-0.2, -0.15) is 13.2 Å². The number of anilines is 1. The van der Waals surface area contributed by atoms with Gasteiger partial charge in [0.05, 0.1) is 23.9 Å². The molecule has 0 bridgehead atoms. The van der Waals surface area contributed by atoms with Crippen LogP contribution in [-0.4, -0.2) is 41.3 Å². The van der Waals surface area contributed by atoms with E-state index in [1.54, 1.807) is 13.0 Å². The van der Waals surface area contributed by atoms with Crippen molar-refractivity contribution in [3.63, 3.8) is 0 Å². The predicted octanol–water partition coefficient (Wildman–Crippen LogP) is 6.53. The van der Waals surface area contributed by atoms with Crippen LogP contribution in [-0.2, 0) is 11.2 Å². The maximum atomic E-state index is 12.8. The van der Waals surface area contributed by atoms with E-state index in [0.29, 0.717) is 48.7 Å². The fourth-order valence-electron chi connectivity index (χ4n) is 5.51. The summed E-state index contributed by atoms with van der Waals surface area (Å²) in [5.74, 6) is 2.46. The second-order valence-electron chi connectivity index (χ2n) is 10.1. The monoisotopic (exact) mass is 551 g/mol. The van der Waals surface area contributed by atoms with Gasteiger partial charge in [-0.3, -0.25) is 4.57 Å². The molecule has 3 heterocycles. The number of hydrogen-bond donors (Lipinski definition) is 1. The van der Waals surface area contributed by atoms with Crippen molar-refractivity contribution in [3.8, 4) is 22.9 Å². The number of fused-ring (bicyclic) bond motifs is 3. The molecule has 1 N–H and O–H groups in total. The summed E-state index contributed by atoms with van der Waals surface area (Å²) in [4.78, 5) is 16.2. The van der Waals surface area contributed by atoms with Gasteiger partial charge < -0.3 is 24.3 Å². The van der Waals surface area contributed by atoms with Gasteiger partial charge in [-0.1, -0.05) is 31.2 Å². The summed E-state index contributed by atoms with van der Waals surface area (Å²) >= 11 is 0. The molecule has 3 aromatic carbocycles. The lowest BCUT2D eigenvalue weighted by Gasteiger charge is -2.15. The Kier molecular flexibility index (Phi) is 6.56. The van der Waals surface area contributed by atoms with Crippen molar-refractivity contribution >= 4 is 22.5 Å². The number of carbonyl (C=O) groups is 1. The summed E-state index contributed by atoms with van der Waals surface area (Å²) in [6.07, 6.45) is -3.43. The standard InChI is InChI=1S/C30H28F3N3O4/c1-3-27-35-28-23(7-5-9-25(28)40-16-30(31,32)33)36(27)24-8-4-6-21-22(15-39-29(21)24)34-19-10-11-20-18(12-17(2)37)14-38-26(20)13-19/h4-11,13,18,22,34H,3,12,14-16H2,1-2H3. The van der Waals surface area contributed by atoms with Gasteiger partial charge >= 0.3 is 6.18 Å². The molecule has 0 saturated carbocycles. The molecule has 10 heteroatoms. The normalized spacial score (nSPS) is 17.7. The van der Waals surface area contributed by atoms with Crippen LogP contribution in [0.4, 0.5) is 18.9 Å². The van der Waals surface area contributed by atoms with Crippen molar-refractivity contribution in [2.24, 2.45) is 0 Å². The number of alkyl halides is 3. The van der Waals surface area contributed by atoms with Crippen LogP contribution < -0.4 is 19.5 Å². The Hall–Kier alpha value is -4.21. The number of benzene rings is 3. The fraction of sp³-hybridized carbons (Fsp3) is 0.333. The molecule has 40 heavy (non-hydrogen) atoms. The average Bonchev–Trinajstić information content (AvgIpc) is 3.62. The summed E-state index contributed by atoms with van der Waals surface area (Å²) in [5, 5.41) is 3.54. The van der Waals surface area contributed by atoms with Crippen LogP contribution in [0.5, 0.6) is 17.2 Å². The largest absolute Gasteiger partial charge is 0.493 e. The lowest BCUT2D eigenvalue weighted by Crippen LogP contribution is -2.19. The highest BCUT2D eigenvalue weighted by Crippen LogP contribution is 2.43. The lowest BCUT2D eigenvalue weighted by molar-refractivity contribution is -0.153. The zero-order valence-corrected chi connectivity index (χ0v) is 22.0. The van der Waals surface area contributed by atoms with Crippen molar-refractivity contribution in [1.82, 2.24) is 9.55 Å². The van der Waals surface area contributed by atoms with Gasteiger partial charge in [0, 0.05) is 41.6 Å². The quantitative estimate of drug-likeness (QED) is 0.268. The first-order chi connectivity index (χ1) is 19.2. The van der Waals surface area contributed by atoms with Crippen molar-refractivity contribution in [2.45, 2.75) is 44.8 Å². The first-order valence-electron chi connectivity index (χ1n) is 13.2. The van der Waals surface area contributed by atoms with E-state index in [1.165, 1.54) is 6.07 Å². The Balaban J connectivity index is 1.31. The van der Waals surface area contributed by atoms with Crippen LogP contribution in [0.15, 0.2) is 54.6 Å². The third-order valence-corrected chi connectivity index (χ3v) is 7.23. The number of rotatable bonds is 8. The Bertz CT molecular complexity index is 1600. The highest BCUT2D eigenvalue weighted by molar-refractivity contribution is 5.85. The van der Waals surface area contributed by atoms with Gasteiger partial charge in [-0.25, -0.2) is 4.98 Å². The van der Waals surface area contributed by atoms with Gasteiger partial charge in [0.2, 0.25) is 0 Å². The van der Waals surface area contributed by atoms with E-state index in [0.717, 1.165) is 28.3 Å². The van der Waals surface area contributed by atoms with Crippen LogP contribution in [0.25, 0.3) is 16.7 Å². The van der Waals surface area contributed by atoms with Crippen LogP contribution in [0.3, 0.4) is 0 Å². The van der Waals surface area contributed by atoms with E-state index in [4.69, 9.17) is 14.2 Å². The Morgan fingerprint density at radius 1 is 1.10 bits per heavy atom. The van der Waals surface area contributed by atoms with E-state index in [9.17, 15) is 18.0 Å². The first kappa shape index (κ1) is 26.0. The second kappa shape index (κ2) is 10.1. The Labute approximate surface area is 228 Å². The van der Waals surface area contributed by atoms with Crippen molar-refractivity contribution < 1.29 is 32.2 Å². The Morgan fingerprint density at radius 2 is 1.93 bits per heavy atom. The second-order valence-corrected chi connectivity index (χ2v) is 10.1. The van der Waals surface area contributed by atoms with E-state index < -0.39 is 12.8 Å². The maximum Gasteiger partial charge on any atom is 0.422 e. The number of nitrogens with one attached hydrogen (secondary N) is 1. The van der Waals surface area contributed by atoms with Crippen LogP contribution in [0.2, 0.25) is 0 Å². The first-order valence-corrected chi connectivity index (χ1v) is 13.2. The van der Waals surface area contributed by atoms with E-state index in [2.05, 4.69) is 10.3 Å². The van der Waals surface area contributed by atoms with Crippen LogP contribution in [0, 0.1) is 0 Å². The number of ketones is 1. The molecule has 0 fully saturated rings. The average molecular weight is 552 g/mol. The summed E-state index contributed by atoms with van der Waals surface area (Å²) in [7, 11) is 0. The molecule has 7 nitrogen and oxygen atoms in total. The number of para-hydroxylation sites is 2. The molecule has 0 amide bonds. The third-order valence-electron chi connectivity index (χ3n) is 7.23. The van der Waals surface area contributed by atoms with Crippen molar-refractivity contribution in [2.75, 3.05) is 25.1 Å². The number of carbonyl (C=O) groups excluding carboxylic acids is 1. The van der Waals surface area contributed by atoms with Gasteiger partial charge in [-0.15, -0.1) is 0 Å². The zero-order chi connectivity index (χ0) is 28.0. The number of nitrogens with zero attached hydrogens (tertiary/aromatic N) is 2. The minimum atomic E-state index is -4.45. The molecule has 2 unspecified atom stereocenters. The molecule has 1 aromatic heterocycles. The summed E-state index contributed by atoms with van der Waals surface area (Å²) in [6, 6.07) is 16.7. The molecular weight excluding hydrogens is 523 g/mol. The van der Waals surface area contributed by atoms with Crippen LogP contribution in [0.1, 0.15) is 49.2 Å². The molecular formula is C30H28F3N3O4. The van der Waals surface area contributed by atoms with Crippen LogP contribution >= 0.6 is 0 Å². The number of hydrogen-bond acceptors (Lipinski definition) is 6. The molecule has 2 aliphatic heterocycles. The summed E-state index contributed by atoms with van der Waals surface area (Å²) in [5.41, 5.74) is 4.66. The van der Waals surface area contributed by atoms with E-state index in [-0.39, 0.29) is 23.5 Å². The van der Waals surface area contributed by atoms with Gasteiger partial charge in [-0.05, 0) is 31.2 Å². The molecule has 0 spiro atoms. The summed E-state index contributed by atoms with van der Waals surface area (Å²) < 4.78 is 57.6. The minimum Gasteiger partial charge on any atom is -0.493 e. The highest BCUT2D eigenvalue weighted by Gasteiger charge is 2.31. The zero-order valence-electron chi connectivity index (χ0n) is 22.0. The molecule has 2 aliphatic rings. The van der Waals surface area contributed by atoms with Gasteiger partial charge in [0.1, 0.15) is 41.0 Å². The SMILES string of the molecule is CCc1nc2c(OCC(F)(F)F)cccc2n1-c1cccc2c1OCC2Nc1ccc2c(c1)OCC2CC(C)=O. The van der Waals surface area contributed by atoms with E-state index >= 15 is 0 Å². The third kappa shape index (κ3) is 4.82. The summed E-state index contributed by atoms with van der Waals surface area (Å²) in [6.45, 7) is 3.04. The maximum absolute atomic E-state index is 12.8. The van der Waals surface area contributed by atoms with Crippen molar-refractivity contribution in [1.29, 1.82) is 0 Å². The number of aryl methyl sites for hydroxylation is 1.